The maximum atomic E-state index is 14.9. The molecule has 2 aromatic rings. The van der Waals surface area contributed by atoms with Crippen LogP contribution >= 0.6 is 0 Å². The zero-order chi connectivity index (χ0) is 41.1. The number of cyclic esters (lactones) is 1. The zero-order valence-corrected chi connectivity index (χ0v) is 33.1. The van der Waals surface area contributed by atoms with Crippen molar-refractivity contribution in [2.45, 2.75) is 89.9 Å². The van der Waals surface area contributed by atoms with Crippen LogP contribution in [0.2, 0.25) is 0 Å². The van der Waals surface area contributed by atoms with Gasteiger partial charge in [0.2, 0.25) is 5.91 Å². The molecule has 0 saturated carbocycles. The van der Waals surface area contributed by atoms with Gasteiger partial charge in [-0.2, -0.15) is 0 Å². The van der Waals surface area contributed by atoms with Crippen molar-refractivity contribution in [3.8, 4) is 0 Å². The maximum Gasteiger partial charge on any atom is 0.329 e. The number of amides is 2. The lowest BCUT2D eigenvalue weighted by Crippen LogP contribution is -2.45. The summed E-state index contributed by atoms with van der Waals surface area (Å²) in [5.74, 6) is -2.33. The van der Waals surface area contributed by atoms with Crippen LogP contribution in [0.4, 0.5) is 10.1 Å². The average molecular weight is 793 g/mol. The van der Waals surface area contributed by atoms with Crippen molar-refractivity contribution in [2.75, 3.05) is 39.0 Å². The molecule has 0 aliphatic carbocycles. The molecule has 1 aromatic carbocycles. The van der Waals surface area contributed by atoms with Crippen LogP contribution in [-0.4, -0.2) is 112 Å². The number of hydrogen-bond acceptors (Lipinski definition) is 13. The number of alkyl halides is 1. The number of nitrogen functional groups attached to an aromatic ring is 1. The lowest BCUT2D eigenvalue weighted by molar-refractivity contribution is -0.159. The Morgan fingerprint density at radius 2 is 2.00 bits per heavy atom. The monoisotopic (exact) mass is 792 g/mol. The molecule has 7 N–H and O–H groups in total. The van der Waals surface area contributed by atoms with Gasteiger partial charge in [0.15, 0.2) is 11.6 Å². The number of carbonyl (C=O) groups is 3. The highest BCUT2D eigenvalue weighted by Gasteiger charge is 2.39. The molecule has 2 bridgehead atoms. The summed E-state index contributed by atoms with van der Waals surface area (Å²) in [5.41, 5.74) is 12.5. The molecule has 1 fully saturated rings. The van der Waals surface area contributed by atoms with E-state index in [4.69, 9.17) is 14.9 Å². The minimum absolute atomic E-state index is 0.00757. The zero-order valence-electron chi connectivity index (χ0n) is 33.1. The third-order valence-electron chi connectivity index (χ3n) is 10.1. The summed E-state index contributed by atoms with van der Waals surface area (Å²) in [6.45, 7) is 7.13. The van der Waals surface area contributed by atoms with Gasteiger partial charge < -0.3 is 35.3 Å². The number of anilines is 1. The third-order valence-corrected chi connectivity index (χ3v) is 10.1. The molecule has 0 spiro atoms. The lowest BCUT2D eigenvalue weighted by Gasteiger charge is -2.32. The first-order chi connectivity index (χ1) is 27.3. The fourth-order valence-corrected chi connectivity index (χ4v) is 7.21. The van der Waals surface area contributed by atoms with Crippen LogP contribution in [0.25, 0.3) is 5.70 Å². The Hall–Kier alpha value is -5.03. The van der Waals surface area contributed by atoms with E-state index in [2.05, 4.69) is 21.0 Å². The number of rotatable bonds is 9. The minimum atomic E-state index is -1.49. The summed E-state index contributed by atoms with van der Waals surface area (Å²) in [5, 5.41) is 31.5. The smallest absolute Gasteiger partial charge is 0.329 e. The second kappa shape index (κ2) is 20.4. The number of ether oxygens (including phenoxy) is 1. The van der Waals surface area contributed by atoms with E-state index in [1.807, 2.05) is 61.5 Å². The van der Waals surface area contributed by atoms with Gasteiger partial charge in [-0.05, 0) is 63.3 Å². The van der Waals surface area contributed by atoms with Gasteiger partial charge in [-0.1, -0.05) is 55.9 Å². The summed E-state index contributed by atoms with van der Waals surface area (Å²) in [6.07, 6.45) is 8.06. The van der Waals surface area contributed by atoms with Crippen LogP contribution in [0.15, 0.2) is 77.1 Å². The molecule has 4 heterocycles. The second-order valence-corrected chi connectivity index (χ2v) is 15.1. The Labute approximate surface area is 333 Å². The topological polar surface area (TPSA) is 199 Å². The fourth-order valence-electron chi connectivity index (χ4n) is 7.21. The van der Waals surface area contributed by atoms with Crippen LogP contribution in [0.1, 0.15) is 74.8 Å². The molecule has 15 nitrogen and oxygen atoms in total. The molecule has 6 atom stereocenters. The summed E-state index contributed by atoms with van der Waals surface area (Å²) in [7, 11) is 1.91. The number of hydrogen-bond donors (Lipinski definition) is 6. The first-order valence-electron chi connectivity index (χ1n) is 19.6. The van der Waals surface area contributed by atoms with Crippen LogP contribution < -0.4 is 21.8 Å². The Balaban J connectivity index is 1.28. The molecule has 3 aliphatic heterocycles. The number of halogens is 1. The van der Waals surface area contributed by atoms with Gasteiger partial charge in [0, 0.05) is 56.5 Å². The Morgan fingerprint density at radius 1 is 1.19 bits per heavy atom. The van der Waals surface area contributed by atoms with E-state index in [1.165, 1.54) is 17.1 Å². The number of aliphatic hydroxyl groups excluding tert-OH is 2. The van der Waals surface area contributed by atoms with Crippen LogP contribution in [0.3, 0.4) is 0 Å². The van der Waals surface area contributed by atoms with E-state index in [1.54, 1.807) is 25.2 Å². The maximum absolute atomic E-state index is 14.9. The molecule has 5 rings (SSSR count). The fraction of sp³-hybridized carbons (Fsp3) is 0.512. The molecule has 1 saturated heterocycles. The van der Waals surface area contributed by atoms with Crippen molar-refractivity contribution in [3.05, 3.63) is 89.8 Å². The lowest BCUT2D eigenvalue weighted by atomic mass is 9.89. The summed E-state index contributed by atoms with van der Waals surface area (Å²) in [6, 6.07) is 6.72. The molecular formula is C41H57FN8O7. The number of nitrogens with one attached hydrogen (secondary N) is 3. The minimum Gasteiger partial charge on any atom is -0.460 e. The van der Waals surface area contributed by atoms with Crippen molar-refractivity contribution >= 4 is 29.2 Å². The Kier molecular flexibility index (Phi) is 15.4. The van der Waals surface area contributed by atoms with Gasteiger partial charge >= 0.3 is 5.97 Å². The van der Waals surface area contributed by atoms with E-state index in [9.17, 15) is 29.0 Å². The van der Waals surface area contributed by atoms with Gasteiger partial charge in [-0.25, -0.2) is 14.2 Å². The van der Waals surface area contributed by atoms with E-state index < -0.39 is 54.4 Å². The number of allylic oxidation sites excluding steroid dienone is 2. The average Bonchev–Trinajstić information content (AvgIpc) is 3.92. The normalized spacial score (nSPS) is 27.2. The van der Waals surface area contributed by atoms with Crippen molar-refractivity contribution < 1.29 is 38.1 Å². The molecule has 1 unspecified atom stereocenters. The number of benzene rings is 1. The van der Waals surface area contributed by atoms with Gasteiger partial charge in [0.1, 0.15) is 30.8 Å². The summed E-state index contributed by atoms with van der Waals surface area (Å²) < 4.78 is 26.5. The Bertz CT molecular complexity index is 1810. The van der Waals surface area contributed by atoms with E-state index >= 15 is 0 Å². The first-order valence-corrected chi connectivity index (χ1v) is 19.6. The number of oxazole rings is 1. The van der Waals surface area contributed by atoms with Gasteiger partial charge in [0.25, 0.3) is 5.91 Å². The van der Waals surface area contributed by atoms with Gasteiger partial charge in [-0.15, -0.1) is 5.12 Å². The van der Waals surface area contributed by atoms with E-state index in [0.29, 0.717) is 43.6 Å². The number of nitrogens with zero attached hydrogens (tertiary/aromatic N) is 4. The second-order valence-electron chi connectivity index (χ2n) is 15.1. The number of esters is 1. The molecule has 1 aromatic heterocycles. The van der Waals surface area contributed by atoms with E-state index in [-0.39, 0.29) is 49.9 Å². The van der Waals surface area contributed by atoms with Gasteiger partial charge in [0.05, 0.1) is 18.2 Å². The molecular weight excluding hydrogens is 735 g/mol. The standard InChI is InChI=1S/C41H57FN8O7/c1-26(2)39-29(21-37(53)45-16-8-17-49-24-33(47-48(49)4)28-10-5-11-31(43)20-28)13-14-36(52)44-15-6-9-27(3)19-32(51)22-30(42)23-38-46-34(25-56-38)40(54)50-18-7-12-35(50)41(55)57-39/h5-6,9-11,13-14,19-20,24-26,29-30,32,35,37,39,45,47,51,53H,7-8,12,15-18,21-23,43H2,1-4H3,(H,44,52)/b9-6+,14-13+,27-19+/t29-,30+,32+,35+,37?,39+/m0/s1. The highest BCUT2D eigenvalue weighted by Crippen LogP contribution is 2.28. The van der Waals surface area contributed by atoms with Crippen molar-refractivity contribution in [2.24, 2.45) is 11.8 Å². The number of fused-ring (bicyclic) bond motifs is 3. The summed E-state index contributed by atoms with van der Waals surface area (Å²) in [4.78, 5) is 45.9. The highest BCUT2D eigenvalue weighted by atomic mass is 19.1. The van der Waals surface area contributed by atoms with Crippen LogP contribution in [0.5, 0.6) is 0 Å². The number of aromatic nitrogens is 1. The number of aliphatic hydroxyl groups is 2. The summed E-state index contributed by atoms with van der Waals surface area (Å²) >= 11 is 0. The molecule has 0 radical (unpaired) electrons. The van der Waals surface area contributed by atoms with Crippen molar-refractivity contribution in [3.63, 3.8) is 0 Å². The van der Waals surface area contributed by atoms with Crippen molar-refractivity contribution in [1.29, 1.82) is 0 Å². The largest absolute Gasteiger partial charge is 0.460 e. The molecule has 310 valence electrons. The third kappa shape index (κ3) is 12.5. The SMILES string of the molecule is CC1=C\[C@@H](O)C[C@@H](F)Cc2nc(co2)C(=O)N2CCC[C@@H]2C(=O)O[C@H](C(C)C)[C@H](CC(O)NCCCN2C=C(c3cccc(N)c3)NN2C)/C=C/C(=O)NC\C=C\1. The first kappa shape index (κ1) is 43.1. The molecule has 3 aliphatic rings. The molecule has 2 amide bonds. The van der Waals surface area contributed by atoms with E-state index in [0.717, 1.165) is 17.5 Å². The predicted octanol–water partition coefficient (Wildman–Crippen LogP) is 3.22. The number of hydrazine groups is 2. The number of nitrogens with two attached hydrogens (primary N) is 1. The van der Waals surface area contributed by atoms with Gasteiger partial charge in [-0.3, -0.25) is 25.3 Å². The highest BCUT2D eigenvalue weighted by molar-refractivity contribution is 5.95. The predicted molar refractivity (Wildman–Crippen MR) is 213 cm³/mol. The Morgan fingerprint density at radius 3 is 2.77 bits per heavy atom. The van der Waals surface area contributed by atoms with Crippen molar-refractivity contribution in [1.82, 2.24) is 36.1 Å². The molecule has 16 heteroatoms. The number of carbonyl (C=O) groups excluding carboxylic acids is 3. The van der Waals surface area contributed by atoms with Crippen LogP contribution in [-0.2, 0) is 20.7 Å². The quantitative estimate of drug-likeness (QED) is 0.0938. The molecule has 57 heavy (non-hydrogen) atoms. The van der Waals surface area contributed by atoms with Crippen LogP contribution in [0, 0.1) is 11.8 Å².